The molecule has 3 rings (SSSR count). The summed E-state index contributed by atoms with van der Waals surface area (Å²) in [7, 11) is -1.64. The minimum atomic E-state index is -3.59. The van der Waals surface area contributed by atoms with Gasteiger partial charge in [0.1, 0.15) is 0 Å². The smallest absolute Gasteiger partial charge is 0.253 e. The standard InChI is InChI=1S/C19H29N3O4S.ClH/c1-14-12-22(13-15(2)26-14)27(24,25)18-6-4-16(5-7-18)19(23)21-10-8-17(20-3)9-11-21;/h4-7,14-15,17,20H,8-13H2,1-3H3;1H. The van der Waals surface area contributed by atoms with Crippen molar-refractivity contribution in [1.29, 1.82) is 0 Å². The molecule has 0 radical (unpaired) electrons. The first-order chi connectivity index (χ1) is 12.8. The van der Waals surface area contributed by atoms with E-state index in [0.717, 1.165) is 12.8 Å². The Labute approximate surface area is 173 Å². The average Bonchev–Trinajstić information content (AvgIpc) is 2.67. The number of rotatable bonds is 4. The van der Waals surface area contributed by atoms with E-state index in [1.165, 1.54) is 16.4 Å². The van der Waals surface area contributed by atoms with Crippen molar-refractivity contribution in [2.75, 3.05) is 33.2 Å². The number of hydrogen-bond acceptors (Lipinski definition) is 5. The fourth-order valence-corrected chi connectivity index (χ4v) is 5.39. The fourth-order valence-electron chi connectivity index (χ4n) is 3.80. The molecule has 2 fully saturated rings. The molecule has 0 bridgehead atoms. The van der Waals surface area contributed by atoms with Crippen LogP contribution in [0.4, 0.5) is 0 Å². The molecule has 2 atom stereocenters. The Morgan fingerprint density at radius 1 is 1.07 bits per heavy atom. The zero-order valence-electron chi connectivity index (χ0n) is 16.6. The molecule has 158 valence electrons. The maximum atomic E-state index is 12.9. The molecule has 2 unspecified atom stereocenters. The molecule has 2 aliphatic heterocycles. The number of hydrogen-bond donors (Lipinski definition) is 1. The Morgan fingerprint density at radius 2 is 1.61 bits per heavy atom. The fraction of sp³-hybridized carbons (Fsp3) is 0.632. The maximum absolute atomic E-state index is 12.9. The van der Waals surface area contributed by atoms with Crippen LogP contribution in [0.5, 0.6) is 0 Å². The predicted octanol–water partition coefficient (Wildman–Crippen LogP) is 1.73. The number of carbonyl (C=O) groups is 1. The molecule has 1 aromatic carbocycles. The summed E-state index contributed by atoms with van der Waals surface area (Å²) in [6.45, 7) is 5.86. The topological polar surface area (TPSA) is 79.0 Å². The molecule has 1 N–H and O–H groups in total. The van der Waals surface area contributed by atoms with E-state index >= 15 is 0 Å². The molecule has 2 heterocycles. The Hall–Kier alpha value is -1.19. The number of benzene rings is 1. The molecule has 28 heavy (non-hydrogen) atoms. The van der Waals surface area contributed by atoms with E-state index in [1.807, 2.05) is 25.8 Å². The highest BCUT2D eigenvalue weighted by Gasteiger charge is 2.32. The van der Waals surface area contributed by atoms with Crippen molar-refractivity contribution in [2.45, 2.75) is 49.8 Å². The van der Waals surface area contributed by atoms with Crippen molar-refractivity contribution in [3.8, 4) is 0 Å². The zero-order valence-corrected chi connectivity index (χ0v) is 18.3. The highest BCUT2D eigenvalue weighted by atomic mass is 35.5. The zero-order chi connectivity index (χ0) is 19.6. The van der Waals surface area contributed by atoms with Gasteiger partial charge < -0.3 is 15.0 Å². The number of likely N-dealkylation sites (tertiary alicyclic amines) is 1. The second-order valence-corrected chi connectivity index (χ2v) is 9.40. The summed E-state index contributed by atoms with van der Waals surface area (Å²) in [5.74, 6) is -0.0397. The summed E-state index contributed by atoms with van der Waals surface area (Å²) in [6, 6.07) is 6.76. The summed E-state index contributed by atoms with van der Waals surface area (Å²) in [5, 5.41) is 3.25. The van der Waals surface area contributed by atoms with Crippen LogP contribution < -0.4 is 5.32 Å². The van der Waals surface area contributed by atoms with Gasteiger partial charge in [-0.25, -0.2) is 8.42 Å². The summed E-state index contributed by atoms with van der Waals surface area (Å²) in [5.41, 5.74) is 0.528. The average molecular weight is 432 g/mol. The van der Waals surface area contributed by atoms with Gasteiger partial charge >= 0.3 is 0 Å². The normalized spacial score (nSPS) is 24.6. The van der Waals surface area contributed by atoms with Crippen LogP contribution in [0.15, 0.2) is 29.2 Å². The Kier molecular flexibility index (Phi) is 7.87. The number of amides is 1. The molecule has 9 heteroatoms. The Morgan fingerprint density at radius 3 is 2.11 bits per heavy atom. The van der Waals surface area contributed by atoms with Crippen LogP contribution in [-0.2, 0) is 14.8 Å². The molecule has 2 aliphatic rings. The van der Waals surface area contributed by atoms with E-state index in [-0.39, 0.29) is 35.4 Å². The van der Waals surface area contributed by atoms with Crippen molar-refractivity contribution in [1.82, 2.24) is 14.5 Å². The molecule has 0 spiro atoms. The van der Waals surface area contributed by atoms with Gasteiger partial charge in [-0.2, -0.15) is 4.31 Å². The minimum Gasteiger partial charge on any atom is -0.373 e. The third-order valence-electron chi connectivity index (χ3n) is 5.32. The van der Waals surface area contributed by atoms with Gasteiger partial charge in [-0.05, 0) is 58.0 Å². The molecular weight excluding hydrogens is 402 g/mol. The van der Waals surface area contributed by atoms with Gasteiger partial charge in [-0.3, -0.25) is 4.79 Å². The first-order valence-corrected chi connectivity index (χ1v) is 11.0. The van der Waals surface area contributed by atoms with Crippen LogP contribution in [0, 0.1) is 0 Å². The van der Waals surface area contributed by atoms with Gasteiger partial charge in [-0.15, -0.1) is 12.4 Å². The van der Waals surface area contributed by atoms with Crippen LogP contribution in [-0.4, -0.2) is 75.0 Å². The third kappa shape index (κ3) is 5.04. The first-order valence-electron chi connectivity index (χ1n) is 9.53. The SMILES string of the molecule is CNC1CCN(C(=O)c2ccc(S(=O)(=O)N3CC(C)OC(C)C3)cc2)CC1.Cl. The van der Waals surface area contributed by atoms with Crippen molar-refractivity contribution >= 4 is 28.3 Å². The van der Waals surface area contributed by atoms with Crippen LogP contribution in [0.25, 0.3) is 0 Å². The van der Waals surface area contributed by atoms with Crippen molar-refractivity contribution in [2.24, 2.45) is 0 Å². The number of piperidine rings is 1. The third-order valence-corrected chi connectivity index (χ3v) is 7.16. The van der Waals surface area contributed by atoms with E-state index in [1.54, 1.807) is 12.1 Å². The lowest BCUT2D eigenvalue weighted by Gasteiger charge is -2.34. The molecule has 1 aromatic rings. The largest absolute Gasteiger partial charge is 0.373 e. The minimum absolute atomic E-state index is 0. The van der Waals surface area contributed by atoms with E-state index in [9.17, 15) is 13.2 Å². The molecule has 0 aromatic heterocycles. The monoisotopic (exact) mass is 431 g/mol. The number of nitrogens with one attached hydrogen (secondary N) is 1. The van der Waals surface area contributed by atoms with Crippen molar-refractivity contribution < 1.29 is 17.9 Å². The predicted molar refractivity (Wildman–Crippen MR) is 110 cm³/mol. The number of carbonyl (C=O) groups excluding carboxylic acids is 1. The summed E-state index contributed by atoms with van der Waals surface area (Å²) >= 11 is 0. The molecular formula is C19H30ClN3O4S. The van der Waals surface area contributed by atoms with Crippen LogP contribution in [0.3, 0.4) is 0 Å². The number of sulfonamides is 1. The van der Waals surface area contributed by atoms with Crippen molar-refractivity contribution in [3.63, 3.8) is 0 Å². The summed E-state index contributed by atoms with van der Waals surface area (Å²) in [4.78, 5) is 14.7. The quantitative estimate of drug-likeness (QED) is 0.785. The molecule has 7 nitrogen and oxygen atoms in total. The van der Waals surface area contributed by atoms with Gasteiger partial charge in [0.25, 0.3) is 5.91 Å². The highest BCUT2D eigenvalue weighted by molar-refractivity contribution is 7.89. The Bertz CT molecular complexity index is 754. The lowest BCUT2D eigenvalue weighted by molar-refractivity contribution is -0.0440. The van der Waals surface area contributed by atoms with Gasteiger partial charge in [-0.1, -0.05) is 0 Å². The van der Waals surface area contributed by atoms with E-state index in [0.29, 0.717) is 37.8 Å². The lowest BCUT2D eigenvalue weighted by atomic mass is 10.0. The number of morpholine rings is 1. The molecule has 0 aliphatic carbocycles. The molecule has 2 saturated heterocycles. The highest BCUT2D eigenvalue weighted by Crippen LogP contribution is 2.22. The number of ether oxygens (including phenoxy) is 1. The van der Waals surface area contributed by atoms with Gasteiger partial charge in [0.2, 0.25) is 10.0 Å². The van der Waals surface area contributed by atoms with E-state index in [4.69, 9.17) is 4.74 Å². The van der Waals surface area contributed by atoms with E-state index < -0.39 is 10.0 Å². The van der Waals surface area contributed by atoms with E-state index in [2.05, 4.69) is 5.32 Å². The number of nitrogens with zero attached hydrogens (tertiary/aromatic N) is 2. The lowest BCUT2D eigenvalue weighted by Crippen LogP contribution is -2.48. The van der Waals surface area contributed by atoms with Crippen molar-refractivity contribution in [3.05, 3.63) is 29.8 Å². The van der Waals surface area contributed by atoms with Gasteiger partial charge in [0.05, 0.1) is 17.1 Å². The first kappa shape index (κ1) is 23.1. The van der Waals surface area contributed by atoms with Crippen LogP contribution in [0.1, 0.15) is 37.0 Å². The second kappa shape index (κ2) is 9.54. The second-order valence-electron chi connectivity index (χ2n) is 7.46. The summed E-state index contributed by atoms with van der Waals surface area (Å²) in [6.07, 6.45) is 1.60. The maximum Gasteiger partial charge on any atom is 0.253 e. The Balaban J connectivity index is 0.00000280. The van der Waals surface area contributed by atoms with Crippen LogP contribution >= 0.6 is 12.4 Å². The molecule has 0 saturated carbocycles. The van der Waals surface area contributed by atoms with Crippen LogP contribution in [0.2, 0.25) is 0 Å². The molecule has 1 amide bonds. The summed E-state index contributed by atoms with van der Waals surface area (Å²) < 4.78 is 32.9. The number of halogens is 1. The van der Waals surface area contributed by atoms with Gasteiger partial charge in [0, 0.05) is 37.8 Å². The van der Waals surface area contributed by atoms with Gasteiger partial charge in [0.15, 0.2) is 0 Å².